The Balaban J connectivity index is 1.81. The van der Waals surface area contributed by atoms with Crippen LogP contribution >= 0.6 is 23.2 Å². The molecule has 4 rings (SSSR count). The Kier molecular flexibility index (Phi) is 5.07. The maximum Gasteiger partial charge on any atom is 0.254 e. The van der Waals surface area contributed by atoms with Crippen molar-refractivity contribution in [2.45, 2.75) is 19.8 Å². The molecule has 27 heavy (non-hydrogen) atoms. The number of aromatic nitrogens is 1. The van der Waals surface area contributed by atoms with Crippen molar-refractivity contribution in [3.63, 3.8) is 0 Å². The molecule has 0 unspecified atom stereocenters. The highest BCUT2D eigenvalue weighted by Crippen LogP contribution is 2.31. The number of para-hydroxylation sites is 1. The van der Waals surface area contributed by atoms with Crippen LogP contribution in [0.25, 0.3) is 22.2 Å². The second-order valence-corrected chi connectivity index (χ2v) is 7.99. The topological polar surface area (TPSA) is 33.2 Å². The molecule has 2 heterocycles. The maximum atomic E-state index is 13.3. The molecule has 0 N–H and O–H groups in total. The van der Waals surface area contributed by atoms with Crippen LogP contribution in [0.2, 0.25) is 10.0 Å². The minimum atomic E-state index is 0.0711. The molecule has 0 spiro atoms. The lowest BCUT2D eigenvalue weighted by Crippen LogP contribution is -2.38. The van der Waals surface area contributed by atoms with Gasteiger partial charge in [0.25, 0.3) is 5.91 Å². The fourth-order valence-electron chi connectivity index (χ4n) is 3.54. The van der Waals surface area contributed by atoms with E-state index in [-0.39, 0.29) is 5.91 Å². The monoisotopic (exact) mass is 398 g/mol. The Morgan fingerprint density at radius 2 is 1.78 bits per heavy atom. The van der Waals surface area contributed by atoms with Crippen LogP contribution in [0, 0.1) is 5.92 Å². The number of carbonyl (C=O) groups is 1. The van der Waals surface area contributed by atoms with E-state index in [4.69, 9.17) is 28.2 Å². The number of nitrogens with zero attached hydrogens (tertiary/aromatic N) is 2. The molecule has 1 aliphatic heterocycles. The van der Waals surface area contributed by atoms with Crippen molar-refractivity contribution in [3.05, 3.63) is 64.1 Å². The Morgan fingerprint density at radius 1 is 1.04 bits per heavy atom. The van der Waals surface area contributed by atoms with Crippen molar-refractivity contribution in [1.82, 2.24) is 9.88 Å². The van der Waals surface area contributed by atoms with E-state index in [1.165, 1.54) is 0 Å². The maximum absolute atomic E-state index is 13.3. The number of hydrogen-bond acceptors (Lipinski definition) is 2. The first kappa shape index (κ1) is 18.3. The molecule has 1 aromatic heterocycles. The van der Waals surface area contributed by atoms with E-state index in [1.54, 1.807) is 12.1 Å². The van der Waals surface area contributed by atoms with Crippen LogP contribution in [-0.4, -0.2) is 28.9 Å². The Labute approximate surface area is 168 Å². The molecular formula is C22H20Cl2N2O. The van der Waals surface area contributed by atoms with E-state index in [0.29, 0.717) is 21.5 Å². The normalized spacial score (nSPS) is 15.3. The number of rotatable bonds is 2. The molecule has 1 amide bonds. The fraction of sp³-hybridized carbons (Fsp3) is 0.273. The average Bonchev–Trinajstić information content (AvgIpc) is 2.69. The zero-order valence-corrected chi connectivity index (χ0v) is 16.6. The first-order chi connectivity index (χ1) is 13.0. The van der Waals surface area contributed by atoms with Gasteiger partial charge < -0.3 is 4.90 Å². The first-order valence-electron chi connectivity index (χ1n) is 9.17. The second-order valence-electron chi connectivity index (χ2n) is 7.18. The zero-order chi connectivity index (χ0) is 19.0. The quantitative estimate of drug-likeness (QED) is 0.523. The number of amides is 1. The van der Waals surface area contributed by atoms with Crippen molar-refractivity contribution in [3.8, 4) is 11.3 Å². The highest BCUT2D eigenvalue weighted by atomic mass is 35.5. The van der Waals surface area contributed by atoms with Crippen LogP contribution in [-0.2, 0) is 0 Å². The van der Waals surface area contributed by atoms with Gasteiger partial charge in [0.05, 0.1) is 26.8 Å². The van der Waals surface area contributed by atoms with Crippen LogP contribution < -0.4 is 0 Å². The molecule has 1 fully saturated rings. The molecule has 0 bridgehead atoms. The van der Waals surface area contributed by atoms with E-state index in [1.807, 2.05) is 41.3 Å². The van der Waals surface area contributed by atoms with Crippen LogP contribution in [0.15, 0.2) is 48.5 Å². The fourth-order valence-corrected chi connectivity index (χ4v) is 3.84. The van der Waals surface area contributed by atoms with Gasteiger partial charge in [-0.3, -0.25) is 4.79 Å². The van der Waals surface area contributed by atoms with E-state index < -0.39 is 0 Å². The summed E-state index contributed by atoms with van der Waals surface area (Å²) in [6.45, 7) is 3.85. The van der Waals surface area contributed by atoms with Crippen LogP contribution in [0.4, 0.5) is 0 Å². The van der Waals surface area contributed by atoms with E-state index >= 15 is 0 Å². The largest absolute Gasteiger partial charge is 0.339 e. The van der Waals surface area contributed by atoms with Gasteiger partial charge in [0.1, 0.15) is 0 Å². The molecule has 0 aliphatic carbocycles. The second kappa shape index (κ2) is 7.49. The minimum Gasteiger partial charge on any atom is -0.339 e. The molecule has 138 valence electrons. The Morgan fingerprint density at radius 3 is 2.52 bits per heavy atom. The molecule has 3 nitrogen and oxygen atoms in total. The van der Waals surface area contributed by atoms with E-state index in [2.05, 4.69) is 6.92 Å². The summed E-state index contributed by atoms with van der Waals surface area (Å²) in [5, 5.41) is 1.85. The highest BCUT2D eigenvalue weighted by Gasteiger charge is 2.23. The Bertz CT molecular complexity index is 1010. The standard InChI is InChI=1S/C22H20Cl2N2O/c1-14-8-10-26(11-9-14)22(27)17-13-21(15-6-7-18(23)19(24)12-15)25-20-5-3-2-4-16(17)20/h2-7,12-14H,8-11H2,1H3. The average molecular weight is 399 g/mol. The molecule has 1 saturated heterocycles. The van der Waals surface area contributed by atoms with Crippen molar-refractivity contribution in [2.24, 2.45) is 5.92 Å². The summed E-state index contributed by atoms with van der Waals surface area (Å²) in [7, 11) is 0. The number of hydrogen-bond donors (Lipinski definition) is 0. The number of likely N-dealkylation sites (tertiary alicyclic amines) is 1. The lowest BCUT2D eigenvalue weighted by Gasteiger charge is -2.30. The Hall–Kier alpha value is -2.10. The van der Waals surface area contributed by atoms with Gasteiger partial charge in [-0.2, -0.15) is 0 Å². The zero-order valence-electron chi connectivity index (χ0n) is 15.1. The summed E-state index contributed by atoms with van der Waals surface area (Å²) in [6.07, 6.45) is 2.10. The van der Waals surface area contributed by atoms with Crippen molar-refractivity contribution in [2.75, 3.05) is 13.1 Å². The van der Waals surface area contributed by atoms with Gasteiger partial charge in [0.2, 0.25) is 0 Å². The molecule has 0 saturated carbocycles. The molecule has 3 aromatic rings. The number of piperidine rings is 1. The predicted molar refractivity (Wildman–Crippen MR) is 112 cm³/mol. The summed E-state index contributed by atoms with van der Waals surface area (Å²) >= 11 is 12.2. The molecule has 0 atom stereocenters. The summed E-state index contributed by atoms with van der Waals surface area (Å²) in [6, 6.07) is 15.1. The lowest BCUT2D eigenvalue weighted by atomic mass is 9.97. The van der Waals surface area contributed by atoms with Crippen LogP contribution in [0.5, 0.6) is 0 Å². The summed E-state index contributed by atoms with van der Waals surface area (Å²) in [5.41, 5.74) is 3.06. The molecule has 1 aliphatic rings. The number of benzene rings is 2. The van der Waals surface area contributed by atoms with Gasteiger partial charge in [0.15, 0.2) is 0 Å². The van der Waals surface area contributed by atoms with Gasteiger partial charge in [-0.05, 0) is 43.0 Å². The summed E-state index contributed by atoms with van der Waals surface area (Å²) < 4.78 is 0. The molecular weight excluding hydrogens is 379 g/mol. The molecule has 5 heteroatoms. The number of halogens is 2. The molecule has 2 aromatic carbocycles. The number of fused-ring (bicyclic) bond motifs is 1. The first-order valence-corrected chi connectivity index (χ1v) is 9.93. The summed E-state index contributed by atoms with van der Waals surface area (Å²) in [5.74, 6) is 0.747. The van der Waals surface area contributed by atoms with Gasteiger partial charge in [0, 0.05) is 24.0 Å². The van der Waals surface area contributed by atoms with Crippen molar-refractivity contribution >= 4 is 40.0 Å². The third-order valence-electron chi connectivity index (χ3n) is 5.23. The number of carbonyl (C=O) groups excluding carboxylic acids is 1. The number of pyridine rings is 1. The van der Waals surface area contributed by atoms with Gasteiger partial charge in [-0.25, -0.2) is 4.98 Å². The molecule has 0 radical (unpaired) electrons. The van der Waals surface area contributed by atoms with Crippen LogP contribution in [0.3, 0.4) is 0 Å². The minimum absolute atomic E-state index is 0.0711. The lowest BCUT2D eigenvalue weighted by molar-refractivity contribution is 0.0699. The van der Waals surface area contributed by atoms with Crippen molar-refractivity contribution < 1.29 is 4.79 Å². The van der Waals surface area contributed by atoms with Crippen LogP contribution in [0.1, 0.15) is 30.1 Å². The van der Waals surface area contributed by atoms with Gasteiger partial charge in [-0.15, -0.1) is 0 Å². The SMILES string of the molecule is CC1CCN(C(=O)c2cc(-c3ccc(Cl)c(Cl)c3)nc3ccccc23)CC1. The smallest absolute Gasteiger partial charge is 0.254 e. The summed E-state index contributed by atoms with van der Waals surface area (Å²) in [4.78, 5) is 20.0. The van der Waals surface area contributed by atoms with Crippen molar-refractivity contribution in [1.29, 1.82) is 0 Å². The van der Waals surface area contributed by atoms with Gasteiger partial charge >= 0.3 is 0 Å². The van der Waals surface area contributed by atoms with Gasteiger partial charge in [-0.1, -0.05) is 54.4 Å². The van der Waals surface area contributed by atoms with E-state index in [9.17, 15) is 4.79 Å². The predicted octanol–water partition coefficient (Wildman–Crippen LogP) is 6.08. The third-order valence-corrected chi connectivity index (χ3v) is 5.97. The highest BCUT2D eigenvalue weighted by molar-refractivity contribution is 6.42. The third kappa shape index (κ3) is 3.67. The van der Waals surface area contributed by atoms with E-state index in [0.717, 1.165) is 48.1 Å².